The Morgan fingerprint density at radius 2 is 2.10 bits per heavy atom. The van der Waals surface area contributed by atoms with Crippen molar-refractivity contribution in [1.29, 1.82) is 0 Å². The van der Waals surface area contributed by atoms with Crippen LogP contribution in [0.2, 0.25) is 10.0 Å². The standard InChI is InChI=1S/C14H12Cl2N2O2/c15-10-4-1-8(5-11(10)16)6-13-17-14(20-18-13)7-12(19)9-2-3-9/h1,4-5,9H,2-3,6-7H2. The first-order valence-corrected chi connectivity index (χ1v) is 7.15. The Bertz CT molecular complexity index is 650. The summed E-state index contributed by atoms with van der Waals surface area (Å²) >= 11 is 11.8. The second-order valence-electron chi connectivity index (χ2n) is 4.95. The van der Waals surface area contributed by atoms with Crippen LogP contribution in [0.15, 0.2) is 22.7 Å². The molecule has 0 spiro atoms. The summed E-state index contributed by atoms with van der Waals surface area (Å²) in [4.78, 5) is 15.9. The Balaban J connectivity index is 1.66. The lowest BCUT2D eigenvalue weighted by molar-refractivity contribution is -0.119. The largest absolute Gasteiger partial charge is 0.339 e. The van der Waals surface area contributed by atoms with Crippen molar-refractivity contribution in [2.75, 3.05) is 0 Å². The summed E-state index contributed by atoms with van der Waals surface area (Å²) < 4.78 is 5.10. The van der Waals surface area contributed by atoms with Gasteiger partial charge >= 0.3 is 0 Å². The van der Waals surface area contributed by atoms with E-state index in [2.05, 4.69) is 10.1 Å². The number of Topliss-reactive ketones (excluding diaryl/α,β-unsaturated/α-hetero) is 1. The summed E-state index contributed by atoms with van der Waals surface area (Å²) in [5.74, 6) is 1.33. The molecule has 0 bridgehead atoms. The SMILES string of the molecule is O=C(Cc1nc(Cc2ccc(Cl)c(Cl)c2)no1)C1CC1. The number of carbonyl (C=O) groups excluding carboxylic acids is 1. The average Bonchev–Trinajstić information content (AvgIpc) is 3.18. The zero-order chi connectivity index (χ0) is 14.1. The first-order chi connectivity index (χ1) is 9.61. The van der Waals surface area contributed by atoms with Crippen molar-refractivity contribution >= 4 is 29.0 Å². The second kappa shape index (κ2) is 5.54. The molecular weight excluding hydrogens is 299 g/mol. The monoisotopic (exact) mass is 310 g/mol. The van der Waals surface area contributed by atoms with Gasteiger partial charge in [-0.3, -0.25) is 4.79 Å². The van der Waals surface area contributed by atoms with Gasteiger partial charge in [-0.25, -0.2) is 0 Å². The highest BCUT2D eigenvalue weighted by Gasteiger charge is 2.30. The van der Waals surface area contributed by atoms with Gasteiger partial charge in [0.1, 0.15) is 5.78 Å². The predicted molar refractivity (Wildman–Crippen MR) is 75.0 cm³/mol. The molecule has 0 amide bonds. The third kappa shape index (κ3) is 3.19. The first kappa shape index (κ1) is 13.6. The van der Waals surface area contributed by atoms with Gasteiger partial charge in [-0.05, 0) is 30.5 Å². The summed E-state index contributed by atoms with van der Waals surface area (Å²) in [6, 6.07) is 5.37. The van der Waals surface area contributed by atoms with Crippen LogP contribution in [0.1, 0.15) is 30.1 Å². The van der Waals surface area contributed by atoms with Crippen LogP contribution in [-0.2, 0) is 17.6 Å². The van der Waals surface area contributed by atoms with E-state index in [0.717, 1.165) is 18.4 Å². The maximum Gasteiger partial charge on any atom is 0.234 e. The topological polar surface area (TPSA) is 56.0 Å². The maximum absolute atomic E-state index is 11.7. The summed E-state index contributed by atoms with van der Waals surface area (Å²) in [7, 11) is 0. The molecule has 20 heavy (non-hydrogen) atoms. The van der Waals surface area contributed by atoms with Crippen molar-refractivity contribution in [3.63, 3.8) is 0 Å². The van der Waals surface area contributed by atoms with Gasteiger partial charge in [0.25, 0.3) is 0 Å². The first-order valence-electron chi connectivity index (χ1n) is 6.40. The van der Waals surface area contributed by atoms with Crippen LogP contribution < -0.4 is 0 Å². The summed E-state index contributed by atoms with van der Waals surface area (Å²) in [6.45, 7) is 0. The number of carbonyl (C=O) groups is 1. The van der Waals surface area contributed by atoms with E-state index >= 15 is 0 Å². The number of aromatic nitrogens is 2. The molecule has 3 rings (SSSR count). The van der Waals surface area contributed by atoms with Gasteiger partial charge in [0.2, 0.25) is 5.89 Å². The summed E-state index contributed by atoms with van der Waals surface area (Å²) in [6.07, 6.45) is 2.71. The molecule has 2 aromatic rings. The number of nitrogens with zero attached hydrogens (tertiary/aromatic N) is 2. The van der Waals surface area contributed by atoms with Crippen molar-refractivity contribution < 1.29 is 9.32 Å². The van der Waals surface area contributed by atoms with Gasteiger partial charge in [-0.15, -0.1) is 0 Å². The van der Waals surface area contributed by atoms with Gasteiger partial charge in [-0.1, -0.05) is 34.4 Å². The molecule has 1 aromatic carbocycles. The molecule has 1 aliphatic rings. The van der Waals surface area contributed by atoms with Gasteiger partial charge in [0, 0.05) is 12.3 Å². The molecule has 0 saturated heterocycles. The van der Waals surface area contributed by atoms with Crippen LogP contribution in [0, 0.1) is 5.92 Å². The van der Waals surface area contributed by atoms with Crippen LogP contribution in [0.5, 0.6) is 0 Å². The third-order valence-electron chi connectivity index (χ3n) is 3.21. The highest BCUT2D eigenvalue weighted by atomic mass is 35.5. The van der Waals surface area contributed by atoms with E-state index in [9.17, 15) is 4.79 Å². The molecule has 0 atom stereocenters. The molecule has 1 saturated carbocycles. The van der Waals surface area contributed by atoms with Crippen LogP contribution in [0.4, 0.5) is 0 Å². The quantitative estimate of drug-likeness (QED) is 0.848. The lowest BCUT2D eigenvalue weighted by Crippen LogP contribution is -2.05. The van der Waals surface area contributed by atoms with Crippen molar-refractivity contribution in [3.8, 4) is 0 Å². The minimum atomic E-state index is 0.190. The number of rotatable bonds is 5. The van der Waals surface area contributed by atoms with E-state index < -0.39 is 0 Å². The number of hydrogen-bond acceptors (Lipinski definition) is 4. The Kier molecular flexibility index (Phi) is 3.76. The fourth-order valence-electron chi connectivity index (χ4n) is 1.96. The molecular formula is C14H12Cl2N2O2. The fourth-order valence-corrected chi connectivity index (χ4v) is 2.29. The molecule has 6 heteroatoms. The zero-order valence-electron chi connectivity index (χ0n) is 10.6. The van der Waals surface area contributed by atoms with E-state index in [1.54, 1.807) is 12.1 Å². The van der Waals surface area contributed by atoms with Crippen molar-refractivity contribution in [3.05, 3.63) is 45.5 Å². The van der Waals surface area contributed by atoms with Crippen LogP contribution in [0.3, 0.4) is 0 Å². The minimum absolute atomic E-state index is 0.190. The Labute approximate surface area is 126 Å². The highest BCUT2D eigenvalue weighted by molar-refractivity contribution is 6.42. The third-order valence-corrected chi connectivity index (χ3v) is 3.95. The lowest BCUT2D eigenvalue weighted by atomic mass is 10.1. The summed E-state index contributed by atoms with van der Waals surface area (Å²) in [5.41, 5.74) is 0.945. The van der Waals surface area contributed by atoms with Crippen molar-refractivity contribution in [2.45, 2.75) is 25.7 Å². The van der Waals surface area contributed by atoms with Crippen molar-refractivity contribution in [1.82, 2.24) is 10.1 Å². The van der Waals surface area contributed by atoms with Gasteiger partial charge in [0.05, 0.1) is 16.5 Å². The predicted octanol–water partition coefficient (Wildman–Crippen LogP) is 3.49. The van der Waals surface area contributed by atoms with Gasteiger partial charge in [0.15, 0.2) is 5.82 Å². The molecule has 0 aliphatic heterocycles. The lowest BCUT2D eigenvalue weighted by Gasteiger charge is -1.99. The van der Waals surface area contributed by atoms with Crippen molar-refractivity contribution in [2.24, 2.45) is 5.92 Å². The van der Waals surface area contributed by atoms with Crippen LogP contribution in [-0.4, -0.2) is 15.9 Å². The average molecular weight is 311 g/mol. The highest BCUT2D eigenvalue weighted by Crippen LogP contribution is 2.30. The maximum atomic E-state index is 11.7. The molecule has 1 aromatic heterocycles. The molecule has 1 aliphatic carbocycles. The molecule has 0 N–H and O–H groups in total. The van der Waals surface area contributed by atoms with Gasteiger partial charge < -0.3 is 4.52 Å². The zero-order valence-corrected chi connectivity index (χ0v) is 12.1. The molecule has 0 radical (unpaired) electrons. The smallest absolute Gasteiger partial charge is 0.234 e. The molecule has 1 heterocycles. The van der Waals surface area contributed by atoms with Gasteiger partial charge in [-0.2, -0.15) is 4.98 Å². The van der Waals surface area contributed by atoms with Crippen LogP contribution >= 0.6 is 23.2 Å². The van der Waals surface area contributed by atoms with Crippen LogP contribution in [0.25, 0.3) is 0 Å². The number of ketones is 1. The van der Waals surface area contributed by atoms with E-state index in [1.807, 2.05) is 6.07 Å². The number of benzene rings is 1. The second-order valence-corrected chi connectivity index (χ2v) is 5.76. The molecule has 4 nitrogen and oxygen atoms in total. The Morgan fingerprint density at radius 1 is 1.30 bits per heavy atom. The summed E-state index contributed by atoms with van der Waals surface area (Å²) in [5, 5.41) is 4.89. The van der Waals surface area contributed by atoms with E-state index in [0.29, 0.717) is 28.2 Å². The molecule has 0 unspecified atom stereocenters. The normalized spacial score (nSPS) is 14.5. The number of halogens is 2. The fraction of sp³-hybridized carbons (Fsp3) is 0.357. The molecule has 104 valence electrons. The Hall–Kier alpha value is -1.39. The van der Waals surface area contributed by atoms with E-state index in [-0.39, 0.29) is 18.1 Å². The minimum Gasteiger partial charge on any atom is -0.339 e. The Morgan fingerprint density at radius 3 is 2.80 bits per heavy atom. The molecule has 1 fully saturated rings. The van der Waals surface area contributed by atoms with E-state index in [4.69, 9.17) is 27.7 Å². The number of hydrogen-bond donors (Lipinski definition) is 0. The van der Waals surface area contributed by atoms with E-state index in [1.165, 1.54) is 0 Å².